The minimum absolute atomic E-state index is 0.133. The van der Waals surface area contributed by atoms with E-state index in [0.29, 0.717) is 5.57 Å². The van der Waals surface area contributed by atoms with Gasteiger partial charge in [0.25, 0.3) is 0 Å². The van der Waals surface area contributed by atoms with E-state index < -0.39 is 136 Å². The third kappa shape index (κ3) is 5.33. The van der Waals surface area contributed by atoms with E-state index in [-0.39, 0.29) is 19.3 Å². The van der Waals surface area contributed by atoms with Gasteiger partial charge in [0, 0.05) is 58.4 Å². The van der Waals surface area contributed by atoms with Crippen LogP contribution in [-0.2, 0) is 71.5 Å². The molecule has 5 fully saturated rings. The molecular weight excluding hydrogens is 736 g/mol. The van der Waals surface area contributed by atoms with E-state index >= 15 is 0 Å². The monoisotopic (exact) mass is 788 g/mol. The minimum atomic E-state index is -2.01. The maximum atomic E-state index is 13.9. The number of carbonyl (C=O) groups is 7. The summed E-state index contributed by atoms with van der Waals surface area (Å²) in [7, 11) is 1.16. The highest BCUT2D eigenvalue weighted by Gasteiger charge is 2.91. The lowest BCUT2D eigenvalue weighted by atomic mass is 9.31. The zero-order valence-electron chi connectivity index (χ0n) is 33.5. The molecule has 6 aliphatic rings. The van der Waals surface area contributed by atoms with Crippen LogP contribution in [0, 0.1) is 39.4 Å². The van der Waals surface area contributed by atoms with Gasteiger partial charge in [-0.15, -0.1) is 0 Å². The van der Waals surface area contributed by atoms with Crippen LogP contribution in [0.25, 0.3) is 0 Å². The predicted octanol–water partition coefficient (Wildman–Crippen LogP) is 2.45. The number of allylic oxidation sites excluding steroid dienone is 1. The highest BCUT2D eigenvalue weighted by Crippen LogP contribution is 2.78. The molecule has 16 nitrogen and oxygen atoms in total. The summed E-state index contributed by atoms with van der Waals surface area (Å²) in [6.45, 7) is 16.4. The third-order valence-corrected chi connectivity index (χ3v) is 14.4. The number of epoxide rings is 1. The normalized spacial score (nSPS) is 44.9. The second-order valence-electron chi connectivity index (χ2n) is 17.1. The van der Waals surface area contributed by atoms with Crippen LogP contribution in [0.15, 0.2) is 24.3 Å². The van der Waals surface area contributed by atoms with E-state index in [9.17, 15) is 38.7 Å². The number of aliphatic hydroxyl groups is 1. The van der Waals surface area contributed by atoms with E-state index in [4.69, 9.17) is 37.9 Å². The average Bonchev–Trinajstić information content (AvgIpc) is 3.87. The van der Waals surface area contributed by atoms with Gasteiger partial charge in [-0.1, -0.05) is 26.5 Å². The smallest absolute Gasteiger partial charge is 0.342 e. The van der Waals surface area contributed by atoms with Crippen molar-refractivity contribution in [3.63, 3.8) is 0 Å². The first-order valence-corrected chi connectivity index (χ1v) is 18.8. The van der Waals surface area contributed by atoms with Gasteiger partial charge >= 0.3 is 41.8 Å². The molecule has 4 aliphatic carbocycles. The molecule has 0 radical (unpaired) electrons. The molecule has 6 rings (SSSR count). The number of hydrogen-bond donors (Lipinski definition) is 1. The summed E-state index contributed by atoms with van der Waals surface area (Å²) < 4.78 is 47.9. The Kier molecular flexibility index (Phi) is 9.88. The molecule has 0 aromatic rings. The Labute approximate surface area is 324 Å². The molecular formula is C40H52O16. The Bertz CT molecular complexity index is 1800. The fourth-order valence-electron chi connectivity index (χ4n) is 12.6. The highest BCUT2D eigenvalue weighted by atomic mass is 16.7. The van der Waals surface area contributed by atoms with Crippen molar-refractivity contribution in [1.29, 1.82) is 0 Å². The number of fused-ring (bicyclic) bond motifs is 9. The van der Waals surface area contributed by atoms with Crippen molar-refractivity contribution < 1.29 is 76.6 Å². The molecule has 308 valence electrons. The highest BCUT2D eigenvalue weighted by molar-refractivity contribution is 5.87. The first-order valence-electron chi connectivity index (χ1n) is 18.8. The van der Waals surface area contributed by atoms with Crippen molar-refractivity contribution in [2.45, 2.75) is 129 Å². The van der Waals surface area contributed by atoms with Crippen LogP contribution < -0.4 is 0 Å². The summed E-state index contributed by atoms with van der Waals surface area (Å²) in [4.78, 5) is 92.7. The lowest BCUT2D eigenvalue weighted by Gasteiger charge is -2.74. The third-order valence-electron chi connectivity index (χ3n) is 14.4. The Hall–Kier alpha value is -4.31. The number of esters is 7. The molecule has 16 heteroatoms. The zero-order chi connectivity index (χ0) is 41.7. The molecule has 15 atom stereocenters. The van der Waals surface area contributed by atoms with Gasteiger partial charge in [0.2, 0.25) is 5.60 Å². The maximum Gasteiger partial charge on any atom is 0.342 e. The molecule has 4 saturated carbocycles. The van der Waals surface area contributed by atoms with Crippen LogP contribution in [-0.4, -0.2) is 108 Å². The summed E-state index contributed by atoms with van der Waals surface area (Å²) in [5.41, 5.74) is -9.66. The number of carbonyl (C=O) groups excluding carboxylic acids is 7. The van der Waals surface area contributed by atoms with Crippen LogP contribution in [0.5, 0.6) is 0 Å². The molecule has 0 spiro atoms. The quantitative estimate of drug-likeness (QED) is 0.170. The first kappa shape index (κ1) is 41.3. The fraction of sp³-hybridized carbons (Fsp3) is 0.725. The van der Waals surface area contributed by atoms with Gasteiger partial charge < -0.3 is 43.0 Å². The summed E-state index contributed by atoms with van der Waals surface area (Å²) >= 11 is 0. The summed E-state index contributed by atoms with van der Waals surface area (Å²) in [6, 6.07) is 0. The lowest BCUT2D eigenvalue weighted by Crippen LogP contribution is -2.84. The standard InChI is InChI=1S/C40H52O16/c1-18-16-39(48)26-14-15-35(8)25-12-13-27(46)50-17-38(25,19(2)51-20(3)41)31(53-22(5)43)28(52-21(4)42)29(35)36(26,9)32(54-23(6)44)33(55-24(7)45)37(39,10)40(30(18)56-40)34(47)49-11/h12-13,19,25-26,28-33,48H,1,14-17H2,2-11H3/t19?,25-,26+,28-,29-,30+,31-,32?,33-,35-,36-,37+,38+,39+,40-/m0/s1. The van der Waals surface area contributed by atoms with Gasteiger partial charge in [-0.05, 0) is 49.5 Å². The van der Waals surface area contributed by atoms with E-state index in [1.54, 1.807) is 26.8 Å². The molecule has 2 unspecified atom stereocenters. The van der Waals surface area contributed by atoms with E-state index in [0.717, 1.165) is 21.0 Å². The number of rotatable bonds is 7. The van der Waals surface area contributed by atoms with Crippen molar-refractivity contribution in [3.05, 3.63) is 24.3 Å². The van der Waals surface area contributed by atoms with E-state index in [1.165, 1.54) is 26.8 Å². The molecule has 1 N–H and O–H groups in total. The molecule has 56 heavy (non-hydrogen) atoms. The number of cyclic esters (lactones) is 1. The molecule has 0 amide bonds. The van der Waals surface area contributed by atoms with Crippen LogP contribution in [0.3, 0.4) is 0 Å². The summed E-state index contributed by atoms with van der Waals surface area (Å²) in [5.74, 6) is -8.32. The van der Waals surface area contributed by atoms with Crippen LogP contribution in [0.1, 0.15) is 81.6 Å². The second-order valence-corrected chi connectivity index (χ2v) is 17.1. The Balaban J connectivity index is 1.72. The van der Waals surface area contributed by atoms with E-state index in [2.05, 4.69) is 6.58 Å². The number of methoxy groups -OCH3 is 1. The van der Waals surface area contributed by atoms with Gasteiger partial charge in [-0.25, -0.2) is 9.59 Å². The zero-order valence-corrected chi connectivity index (χ0v) is 33.5. The predicted molar refractivity (Wildman–Crippen MR) is 188 cm³/mol. The van der Waals surface area contributed by atoms with Crippen molar-refractivity contribution >= 4 is 41.8 Å². The van der Waals surface area contributed by atoms with Crippen molar-refractivity contribution in [2.75, 3.05) is 13.7 Å². The van der Waals surface area contributed by atoms with Crippen molar-refractivity contribution in [2.24, 2.45) is 39.4 Å². The van der Waals surface area contributed by atoms with Crippen molar-refractivity contribution in [3.8, 4) is 0 Å². The van der Waals surface area contributed by atoms with Crippen LogP contribution in [0.4, 0.5) is 0 Å². The van der Waals surface area contributed by atoms with Crippen molar-refractivity contribution in [1.82, 2.24) is 0 Å². The van der Waals surface area contributed by atoms with Gasteiger partial charge in [-0.2, -0.15) is 0 Å². The second kappa shape index (κ2) is 13.4. The Morgan fingerprint density at radius 2 is 1.45 bits per heavy atom. The first-order chi connectivity index (χ1) is 25.9. The molecule has 0 aromatic carbocycles. The maximum absolute atomic E-state index is 13.9. The van der Waals surface area contributed by atoms with Crippen LogP contribution >= 0.6 is 0 Å². The topological polar surface area (TPSA) is 217 Å². The molecule has 0 bridgehead atoms. The van der Waals surface area contributed by atoms with Gasteiger partial charge in [-0.3, -0.25) is 24.0 Å². The number of hydrogen-bond acceptors (Lipinski definition) is 16. The molecule has 0 aromatic heterocycles. The molecule has 1 saturated heterocycles. The van der Waals surface area contributed by atoms with Gasteiger partial charge in [0.1, 0.15) is 31.0 Å². The Morgan fingerprint density at radius 3 is 2.00 bits per heavy atom. The van der Waals surface area contributed by atoms with Crippen LogP contribution in [0.2, 0.25) is 0 Å². The fourth-order valence-corrected chi connectivity index (χ4v) is 12.6. The van der Waals surface area contributed by atoms with E-state index in [1.807, 2.05) is 6.92 Å². The lowest BCUT2D eigenvalue weighted by molar-refractivity contribution is -0.357. The summed E-state index contributed by atoms with van der Waals surface area (Å²) in [5, 5.41) is 13.6. The summed E-state index contributed by atoms with van der Waals surface area (Å²) in [6.07, 6.45) is -4.94. The minimum Gasteiger partial charge on any atom is -0.467 e. The average molecular weight is 789 g/mol. The Morgan fingerprint density at radius 1 is 0.875 bits per heavy atom. The van der Waals surface area contributed by atoms with Gasteiger partial charge in [0.05, 0.1) is 23.5 Å². The molecule has 2 aliphatic heterocycles. The number of ether oxygens (including phenoxy) is 8. The molecule has 2 heterocycles. The van der Waals surface area contributed by atoms with Gasteiger partial charge in [0.15, 0.2) is 12.2 Å². The SMILES string of the molecule is C=C1C[C@@]2(O)[C@@H]3CC[C@]4(C)[C@H]([C@H](OC(C)=O)[C@H](OC(C)=O)[C@@]5(C(C)OC(C)=O)COC(=O)C=C[C@@H]45)[C@@]3(C)C(OC(C)=O)[C@H](OC(C)=O)[C@@]2(C)[C@]2(C(=O)OC)O[C@H]12. The largest absolute Gasteiger partial charge is 0.467 e.